The molecule has 0 saturated heterocycles. The molecular weight excluding hydrogens is 452 g/mol. The van der Waals surface area contributed by atoms with Crippen molar-refractivity contribution in [1.82, 2.24) is 10.2 Å². The van der Waals surface area contributed by atoms with Gasteiger partial charge < -0.3 is 20.3 Å². The first-order chi connectivity index (χ1) is 16.8. The van der Waals surface area contributed by atoms with E-state index in [0.29, 0.717) is 17.0 Å². The van der Waals surface area contributed by atoms with Crippen LogP contribution in [0.1, 0.15) is 48.0 Å². The fourth-order valence-electron chi connectivity index (χ4n) is 4.13. The Morgan fingerprint density at radius 2 is 1.74 bits per heavy atom. The molecule has 0 radical (unpaired) electrons. The van der Waals surface area contributed by atoms with Crippen molar-refractivity contribution in [1.29, 1.82) is 0 Å². The minimum Gasteiger partial charge on any atom is -0.497 e. The summed E-state index contributed by atoms with van der Waals surface area (Å²) < 4.78 is 5.08. The van der Waals surface area contributed by atoms with Crippen LogP contribution in [0, 0.1) is 17.0 Å². The third kappa shape index (κ3) is 7.02. The van der Waals surface area contributed by atoms with E-state index in [0.717, 1.165) is 32.1 Å². The highest BCUT2D eigenvalue weighted by Gasteiger charge is 2.29. The maximum Gasteiger partial charge on any atom is 0.273 e. The van der Waals surface area contributed by atoms with E-state index in [-0.39, 0.29) is 30.4 Å². The van der Waals surface area contributed by atoms with Gasteiger partial charge in [-0.15, -0.1) is 0 Å². The molecule has 10 nitrogen and oxygen atoms in total. The van der Waals surface area contributed by atoms with Crippen molar-refractivity contribution in [2.24, 2.45) is 0 Å². The summed E-state index contributed by atoms with van der Waals surface area (Å²) in [7, 11) is 1.55. The molecule has 1 aliphatic rings. The van der Waals surface area contributed by atoms with Crippen molar-refractivity contribution in [2.75, 3.05) is 25.5 Å². The molecule has 2 aromatic rings. The number of ether oxygens (including phenoxy) is 1. The van der Waals surface area contributed by atoms with Gasteiger partial charge in [0.1, 0.15) is 12.3 Å². The number of amides is 3. The quantitative estimate of drug-likeness (QED) is 0.416. The molecule has 2 N–H and O–H groups in total. The number of anilines is 1. The van der Waals surface area contributed by atoms with Gasteiger partial charge in [0.15, 0.2) is 0 Å². The smallest absolute Gasteiger partial charge is 0.273 e. The Labute approximate surface area is 203 Å². The van der Waals surface area contributed by atoms with Crippen molar-refractivity contribution in [2.45, 2.75) is 45.1 Å². The number of nitrogens with zero attached hydrogens (tertiary/aromatic N) is 2. The second-order valence-corrected chi connectivity index (χ2v) is 8.54. The van der Waals surface area contributed by atoms with E-state index in [4.69, 9.17) is 4.74 Å². The number of rotatable bonds is 9. The molecule has 35 heavy (non-hydrogen) atoms. The number of nitro benzene ring substituents is 1. The Hall–Kier alpha value is -3.95. The molecule has 2 aromatic carbocycles. The lowest BCUT2D eigenvalue weighted by Gasteiger charge is -2.34. The van der Waals surface area contributed by atoms with Crippen LogP contribution in [0.25, 0.3) is 0 Å². The maximum absolute atomic E-state index is 13.3. The van der Waals surface area contributed by atoms with Crippen molar-refractivity contribution in [3.05, 3.63) is 63.7 Å². The summed E-state index contributed by atoms with van der Waals surface area (Å²) in [4.78, 5) is 50.6. The van der Waals surface area contributed by atoms with E-state index in [9.17, 15) is 24.5 Å². The largest absolute Gasteiger partial charge is 0.497 e. The SMILES string of the molecule is COc1ccc(NC(=O)CNC(=O)CN(C(=O)c2ccc(C)c([N+](=O)[O-])c2)C2CCCCC2)cc1. The number of aryl methyl sites for hydroxylation is 1. The Morgan fingerprint density at radius 3 is 2.37 bits per heavy atom. The van der Waals surface area contributed by atoms with Gasteiger partial charge in [-0.2, -0.15) is 0 Å². The third-order valence-corrected chi connectivity index (χ3v) is 6.06. The Kier molecular flexibility index (Phi) is 8.77. The average molecular weight is 483 g/mol. The number of benzene rings is 2. The number of carbonyl (C=O) groups is 3. The van der Waals surface area contributed by atoms with E-state index in [1.807, 2.05) is 0 Å². The van der Waals surface area contributed by atoms with Crippen LogP contribution < -0.4 is 15.4 Å². The monoisotopic (exact) mass is 482 g/mol. The fourth-order valence-corrected chi connectivity index (χ4v) is 4.13. The molecule has 186 valence electrons. The number of hydrogen-bond donors (Lipinski definition) is 2. The summed E-state index contributed by atoms with van der Waals surface area (Å²) in [5, 5.41) is 16.6. The van der Waals surface area contributed by atoms with Gasteiger partial charge in [-0.05, 0) is 50.1 Å². The lowest BCUT2D eigenvalue weighted by molar-refractivity contribution is -0.385. The molecule has 0 unspecified atom stereocenters. The minimum absolute atomic E-state index is 0.140. The molecule has 10 heteroatoms. The zero-order valence-electron chi connectivity index (χ0n) is 19.9. The molecule has 1 fully saturated rings. The molecule has 3 amide bonds. The summed E-state index contributed by atoms with van der Waals surface area (Å²) in [6.07, 6.45) is 4.45. The van der Waals surface area contributed by atoms with E-state index >= 15 is 0 Å². The van der Waals surface area contributed by atoms with Crippen molar-refractivity contribution < 1.29 is 24.0 Å². The molecule has 0 spiro atoms. The van der Waals surface area contributed by atoms with E-state index in [2.05, 4.69) is 10.6 Å². The fraction of sp³-hybridized carbons (Fsp3) is 0.400. The van der Waals surface area contributed by atoms with Crippen LogP contribution in [0.3, 0.4) is 0 Å². The van der Waals surface area contributed by atoms with Crippen molar-refractivity contribution >= 4 is 29.1 Å². The Balaban J connectivity index is 1.65. The highest BCUT2D eigenvalue weighted by Crippen LogP contribution is 2.26. The lowest BCUT2D eigenvalue weighted by Crippen LogP contribution is -2.48. The maximum atomic E-state index is 13.3. The van der Waals surface area contributed by atoms with Gasteiger partial charge in [0, 0.05) is 28.9 Å². The third-order valence-electron chi connectivity index (χ3n) is 6.06. The zero-order valence-corrected chi connectivity index (χ0v) is 19.9. The van der Waals surface area contributed by atoms with Crippen molar-refractivity contribution in [3.8, 4) is 5.75 Å². The topological polar surface area (TPSA) is 131 Å². The summed E-state index contributed by atoms with van der Waals surface area (Å²) in [6.45, 7) is 1.12. The Morgan fingerprint density at radius 1 is 1.06 bits per heavy atom. The molecule has 0 heterocycles. The number of nitro groups is 1. The number of hydrogen-bond acceptors (Lipinski definition) is 6. The first-order valence-corrected chi connectivity index (χ1v) is 11.5. The predicted molar refractivity (Wildman–Crippen MR) is 130 cm³/mol. The normalized spacial score (nSPS) is 13.5. The highest BCUT2D eigenvalue weighted by molar-refractivity contribution is 5.98. The molecule has 0 bridgehead atoms. The van der Waals surface area contributed by atoms with E-state index in [1.165, 1.54) is 17.0 Å². The standard InChI is InChI=1S/C25H30N4O6/c1-17-8-9-18(14-22(17)29(33)34)25(32)28(20-6-4-3-5-7-20)16-24(31)26-15-23(30)27-19-10-12-21(35-2)13-11-19/h8-14,20H,3-7,15-16H2,1-2H3,(H,26,31)(H,27,30). The van der Waals surface area contributed by atoms with Gasteiger partial charge in [-0.3, -0.25) is 24.5 Å². The summed E-state index contributed by atoms with van der Waals surface area (Å²) in [5.41, 5.74) is 1.04. The van der Waals surface area contributed by atoms with E-state index < -0.39 is 22.6 Å². The highest BCUT2D eigenvalue weighted by atomic mass is 16.6. The minimum atomic E-state index is -0.523. The first kappa shape index (κ1) is 25.7. The molecule has 0 aromatic heterocycles. The van der Waals surface area contributed by atoms with Gasteiger partial charge in [-0.25, -0.2) is 0 Å². The summed E-state index contributed by atoms with van der Waals surface area (Å²) in [5.74, 6) is -0.663. The van der Waals surface area contributed by atoms with Crippen LogP contribution >= 0.6 is 0 Å². The van der Waals surface area contributed by atoms with Crippen LogP contribution in [0.5, 0.6) is 5.75 Å². The van der Waals surface area contributed by atoms with Gasteiger partial charge in [0.2, 0.25) is 11.8 Å². The first-order valence-electron chi connectivity index (χ1n) is 11.5. The van der Waals surface area contributed by atoms with Crippen LogP contribution in [-0.2, 0) is 9.59 Å². The summed E-state index contributed by atoms with van der Waals surface area (Å²) >= 11 is 0. The molecule has 0 atom stereocenters. The van der Waals surface area contributed by atoms with Crippen LogP contribution in [0.2, 0.25) is 0 Å². The molecule has 1 saturated carbocycles. The Bertz CT molecular complexity index is 1080. The molecule has 1 aliphatic carbocycles. The number of methoxy groups -OCH3 is 1. The second kappa shape index (κ2) is 12.0. The second-order valence-electron chi connectivity index (χ2n) is 8.54. The molecular formula is C25H30N4O6. The van der Waals surface area contributed by atoms with Crippen LogP contribution in [0.4, 0.5) is 11.4 Å². The van der Waals surface area contributed by atoms with Gasteiger partial charge >= 0.3 is 0 Å². The molecule has 3 rings (SSSR count). The predicted octanol–water partition coefficient (Wildman–Crippen LogP) is 3.44. The van der Waals surface area contributed by atoms with Crippen LogP contribution in [0.15, 0.2) is 42.5 Å². The van der Waals surface area contributed by atoms with Crippen LogP contribution in [-0.4, -0.2) is 53.8 Å². The number of nitrogens with one attached hydrogen (secondary N) is 2. The van der Waals surface area contributed by atoms with Gasteiger partial charge in [0.05, 0.1) is 18.6 Å². The zero-order chi connectivity index (χ0) is 25.4. The van der Waals surface area contributed by atoms with Gasteiger partial charge in [-0.1, -0.05) is 25.3 Å². The average Bonchev–Trinajstić information content (AvgIpc) is 2.86. The van der Waals surface area contributed by atoms with E-state index in [1.54, 1.807) is 44.4 Å². The molecule has 0 aliphatic heterocycles. The number of carbonyl (C=O) groups excluding carboxylic acids is 3. The lowest BCUT2D eigenvalue weighted by atomic mass is 9.93. The summed E-state index contributed by atoms with van der Waals surface area (Å²) in [6, 6.07) is 11.0. The van der Waals surface area contributed by atoms with Gasteiger partial charge in [0.25, 0.3) is 11.6 Å². The van der Waals surface area contributed by atoms with Crippen molar-refractivity contribution in [3.63, 3.8) is 0 Å².